The highest BCUT2D eigenvalue weighted by Crippen LogP contribution is 2.25. The zero-order valence-corrected chi connectivity index (χ0v) is 12.4. The first kappa shape index (κ1) is 14.8. The normalized spacial score (nSPS) is 19.5. The monoisotopic (exact) mass is 281 g/mol. The summed E-state index contributed by atoms with van der Waals surface area (Å²) < 4.78 is 6.06. The van der Waals surface area contributed by atoms with E-state index in [2.05, 4.69) is 12.1 Å². The van der Waals surface area contributed by atoms with Crippen molar-refractivity contribution in [3.05, 3.63) is 34.9 Å². The maximum atomic E-state index is 6.06. The minimum Gasteiger partial charge on any atom is -0.376 e. The molecule has 1 saturated carbocycles. The number of hydrogen-bond donors (Lipinski definition) is 1. The molecule has 0 heterocycles. The molecular weight excluding hydrogens is 258 g/mol. The topological polar surface area (TPSA) is 35.2 Å². The largest absolute Gasteiger partial charge is 0.376 e. The summed E-state index contributed by atoms with van der Waals surface area (Å²) in [6.45, 7) is 2.88. The lowest BCUT2D eigenvalue weighted by molar-refractivity contribution is 0.0185. The quantitative estimate of drug-likeness (QED) is 0.861. The van der Waals surface area contributed by atoms with E-state index in [0.717, 1.165) is 24.0 Å². The van der Waals surface area contributed by atoms with Gasteiger partial charge >= 0.3 is 0 Å². The molecule has 1 aliphatic carbocycles. The molecule has 0 amide bonds. The number of hydrogen-bond acceptors (Lipinski definition) is 2. The summed E-state index contributed by atoms with van der Waals surface area (Å²) in [4.78, 5) is 0. The Morgan fingerprint density at radius 3 is 2.47 bits per heavy atom. The molecule has 0 bridgehead atoms. The van der Waals surface area contributed by atoms with E-state index in [1.807, 2.05) is 19.1 Å². The zero-order chi connectivity index (χ0) is 13.7. The van der Waals surface area contributed by atoms with Gasteiger partial charge in [0.25, 0.3) is 0 Å². The fraction of sp³-hybridized carbons (Fsp3) is 0.625. The summed E-state index contributed by atoms with van der Waals surface area (Å²) in [6.07, 6.45) is 6.30. The van der Waals surface area contributed by atoms with Crippen molar-refractivity contribution in [2.45, 2.75) is 51.2 Å². The second kappa shape index (κ2) is 7.28. The molecule has 106 valence electrons. The Kier molecular flexibility index (Phi) is 5.68. The maximum Gasteiger partial charge on any atom is 0.0763 e. The van der Waals surface area contributed by atoms with E-state index in [1.54, 1.807) is 0 Å². The molecule has 1 fully saturated rings. The Morgan fingerprint density at radius 1 is 1.26 bits per heavy atom. The van der Waals surface area contributed by atoms with E-state index in [4.69, 9.17) is 22.1 Å². The van der Waals surface area contributed by atoms with Gasteiger partial charge in [-0.3, -0.25) is 0 Å². The highest BCUT2D eigenvalue weighted by Gasteiger charge is 2.20. The van der Waals surface area contributed by atoms with Crippen molar-refractivity contribution in [3.8, 4) is 0 Å². The van der Waals surface area contributed by atoms with Gasteiger partial charge < -0.3 is 10.5 Å². The fourth-order valence-corrected chi connectivity index (χ4v) is 2.81. The molecule has 3 heteroatoms. The summed E-state index contributed by atoms with van der Waals surface area (Å²) in [5.74, 6) is 0.742. The van der Waals surface area contributed by atoms with Crippen LogP contribution in [0.25, 0.3) is 0 Å². The molecule has 0 radical (unpaired) electrons. The van der Waals surface area contributed by atoms with Gasteiger partial charge in [0.2, 0.25) is 0 Å². The van der Waals surface area contributed by atoms with Crippen molar-refractivity contribution in [3.63, 3.8) is 0 Å². The lowest BCUT2D eigenvalue weighted by Crippen LogP contribution is -2.36. The SMILES string of the molecule is C[C@H](N)[C@@H](Cc1ccc(Cl)cc1)OCC1CCCC1. The van der Waals surface area contributed by atoms with Crippen LogP contribution in [0.1, 0.15) is 38.2 Å². The third-order valence-corrected chi connectivity index (χ3v) is 4.21. The molecule has 0 unspecified atom stereocenters. The number of rotatable bonds is 6. The van der Waals surface area contributed by atoms with Crippen molar-refractivity contribution < 1.29 is 4.74 Å². The highest BCUT2D eigenvalue weighted by molar-refractivity contribution is 6.30. The third-order valence-electron chi connectivity index (χ3n) is 3.96. The van der Waals surface area contributed by atoms with E-state index < -0.39 is 0 Å². The van der Waals surface area contributed by atoms with E-state index in [1.165, 1.54) is 31.2 Å². The summed E-state index contributed by atoms with van der Waals surface area (Å²) in [7, 11) is 0. The van der Waals surface area contributed by atoms with Gasteiger partial charge in [0.1, 0.15) is 0 Å². The summed E-state index contributed by atoms with van der Waals surface area (Å²) in [5, 5.41) is 0.771. The molecular formula is C16H24ClNO. The Labute approximate surface area is 121 Å². The van der Waals surface area contributed by atoms with Gasteiger partial charge in [-0.05, 0) is 43.4 Å². The molecule has 2 atom stereocenters. The van der Waals surface area contributed by atoms with Crippen LogP contribution in [0.4, 0.5) is 0 Å². The van der Waals surface area contributed by atoms with Crippen LogP contribution in [0.2, 0.25) is 5.02 Å². The number of nitrogens with two attached hydrogens (primary N) is 1. The first-order valence-corrected chi connectivity index (χ1v) is 7.64. The van der Waals surface area contributed by atoms with Crippen LogP contribution >= 0.6 is 11.6 Å². The van der Waals surface area contributed by atoms with Crippen molar-refractivity contribution in [1.29, 1.82) is 0 Å². The standard InChI is InChI=1S/C16H24ClNO/c1-12(18)16(19-11-14-4-2-3-5-14)10-13-6-8-15(17)9-7-13/h6-9,12,14,16H,2-5,10-11,18H2,1H3/t12-,16+/m0/s1. The van der Waals surface area contributed by atoms with Crippen molar-refractivity contribution in [2.24, 2.45) is 11.7 Å². The molecule has 0 aromatic heterocycles. The lowest BCUT2D eigenvalue weighted by Gasteiger charge is -2.23. The molecule has 2 nitrogen and oxygen atoms in total. The average Bonchev–Trinajstić information content (AvgIpc) is 2.89. The Balaban J connectivity index is 1.86. The number of benzene rings is 1. The van der Waals surface area contributed by atoms with Crippen LogP contribution in [0.3, 0.4) is 0 Å². The Morgan fingerprint density at radius 2 is 1.89 bits per heavy atom. The van der Waals surface area contributed by atoms with Crippen LogP contribution in [0, 0.1) is 5.92 Å². The van der Waals surface area contributed by atoms with Gasteiger partial charge in [-0.15, -0.1) is 0 Å². The average molecular weight is 282 g/mol. The molecule has 0 saturated heterocycles. The van der Waals surface area contributed by atoms with Gasteiger partial charge in [0, 0.05) is 24.1 Å². The summed E-state index contributed by atoms with van der Waals surface area (Å²) >= 11 is 5.90. The minimum absolute atomic E-state index is 0.0529. The third kappa shape index (κ3) is 4.79. The van der Waals surface area contributed by atoms with E-state index in [9.17, 15) is 0 Å². The molecule has 0 aliphatic heterocycles. The molecule has 1 aromatic rings. The predicted octanol–water partition coefficient (Wildman–Crippen LogP) is 3.81. The first-order valence-electron chi connectivity index (χ1n) is 7.27. The highest BCUT2D eigenvalue weighted by atomic mass is 35.5. The van der Waals surface area contributed by atoms with Crippen LogP contribution in [0.5, 0.6) is 0 Å². The molecule has 2 rings (SSSR count). The van der Waals surface area contributed by atoms with E-state index in [0.29, 0.717) is 0 Å². The van der Waals surface area contributed by atoms with Gasteiger partial charge in [-0.1, -0.05) is 36.6 Å². The van der Waals surface area contributed by atoms with Crippen LogP contribution in [0.15, 0.2) is 24.3 Å². The van der Waals surface area contributed by atoms with E-state index in [-0.39, 0.29) is 12.1 Å². The molecule has 2 N–H and O–H groups in total. The molecule has 0 spiro atoms. The number of ether oxygens (including phenoxy) is 1. The lowest BCUT2D eigenvalue weighted by atomic mass is 10.0. The molecule has 1 aliphatic rings. The number of halogens is 1. The smallest absolute Gasteiger partial charge is 0.0763 e. The minimum atomic E-state index is 0.0529. The van der Waals surface area contributed by atoms with Gasteiger partial charge in [0.15, 0.2) is 0 Å². The second-order valence-electron chi connectivity index (χ2n) is 5.71. The summed E-state index contributed by atoms with van der Waals surface area (Å²) in [6, 6.07) is 8.00. The predicted molar refractivity (Wildman–Crippen MR) is 80.5 cm³/mol. The van der Waals surface area contributed by atoms with Crippen LogP contribution < -0.4 is 5.73 Å². The van der Waals surface area contributed by atoms with E-state index >= 15 is 0 Å². The van der Waals surface area contributed by atoms with Gasteiger partial charge in [0.05, 0.1) is 6.10 Å². The first-order chi connectivity index (χ1) is 9.15. The van der Waals surface area contributed by atoms with Crippen molar-refractivity contribution in [2.75, 3.05) is 6.61 Å². The van der Waals surface area contributed by atoms with Gasteiger partial charge in [-0.25, -0.2) is 0 Å². The summed E-state index contributed by atoms with van der Waals surface area (Å²) in [5.41, 5.74) is 7.28. The zero-order valence-electron chi connectivity index (χ0n) is 11.6. The Hall–Kier alpha value is -0.570. The van der Waals surface area contributed by atoms with Crippen molar-refractivity contribution in [1.82, 2.24) is 0 Å². The fourth-order valence-electron chi connectivity index (χ4n) is 2.69. The maximum absolute atomic E-state index is 6.06. The second-order valence-corrected chi connectivity index (χ2v) is 6.15. The van der Waals surface area contributed by atoms with Crippen LogP contribution in [-0.2, 0) is 11.2 Å². The molecule has 19 heavy (non-hydrogen) atoms. The van der Waals surface area contributed by atoms with Gasteiger partial charge in [-0.2, -0.15) is 0 Å². The van der Waals surface area contributed by atoms with Crippen LogP contribution in [-0.4, -0.2) is 18.8 Å². The van der Waals surface area contributed by atoms with Crippen molar-refractivity contribution >= 4 is 11.6 Å². The molecule has 1 aromatic carbocycles. The Bertz CT molecular complexity index is 371.